The standard InChI is InChI=1S/C21H18FN7O3S/c1-28-21(25-26-27-28)33-19-7-6-14(29(31)32)9-16(19)20(30)24-18-8-13(11-23)15(10-17(18)22)12-4-2-3-5-12/h6-10,12H,2-5H2,1H3,(H,24,30). The van der Waals surface area contributed by atoms with E-state index in [1.165, 1.54) is 28.9 Å². The predicted molar refractivity (Wildman–Crippen MR) is 116 cm³/mol. The van der Waals surface area contributed by atoms with Crippen LogP contribution in [0.5, 0.6) is 0 Å². The normalized spacial score (nSPS) is 13.6. The minimum absolute atomic E-state index is 0.0463. The number of nitriles is 1. The molecule has 2 aromatic carbocycles. The molecule has 3 aromatic rings. The highest BCUT2D eigenvalue weighted by Crippen LogP contribution is 2.38. The number of tetrazole rings is 1. The Labute approximate surface area is 191 Å². The summed E-state index contributed by atoms with van der Waals surface area (Å²) in [5, 5.41) is 34.7. The molecule has 12 heteroatoms. The van der Waals surface area contributed by atoms with Crippen LogP contribution in [0, 0.1) is 27.3 Å². The number of carbonyl (C=O) groups excluding carboxylic acids is 1. The van der Waals surface area contributed by atoms with Crippen LogP contribution in [0.1, 0.15) is 53.1 Å². The van der Waals surface area contributed by atoms with Gasteiger partial charge in [-0.1, -0.05) is 12.8 Å². The fourth-order valence-corrected chi connectivity index (χ4v) is 4.69. The van der Waals surface area contributed by atoms with Crippen molar-refractivity contribution in [2.75, 3.05) is 5.32 Å². The smallest absolute Gasteiger partial charge is 0.270 e. The number of carbonyl (C=O) groups is 1. The molecule has 0 spiro atoms. The van der Waals surface area contributed by atoms with Gasteiger partial charge in [0.05, 0.1) is 27.8 Å². The van der Waals surface area contributed by atoms with Crippen LogP contribution in [0.25, 0.3) is 0 Å². The van der Waals surface area contributed by atoms with Gasteiger partial charge in [0, 0.05) is 24.1 Å². The van der Waals surface area contributed by atoms with Crippen LogP contribution in [0.15, 0.2) is 40.4 Å². The number of non-ortho nitro benzene ring substituents is 1. The Hall–Kier alpha value is -3.85. The van der Waals surface area contributed by atoms with Crippen LogP contribution >= 0.6 is 11.8 Å². The van der Waals surface area contributed by atoms with Crippen molar-refractivity contribution < 1.29 is 14.1 Å². The summed E-state index contributed by atoms with van der Waals surface area (Å²) in [4.78, 5) is 24.0. The maximum atomic E-state index is 14.9. The second-order valence-corrected chi connectivity index (χ2v) is 8.60. The lowest BCUT2D eigenvalue weighted by molar-refractivity contribution is -0.384. The Morgan fingerprint density at radius 3 is 2.73 bits per heavy atom. The van der Waals surface area contributed by atoms with E-state index in [1.807, 2.05) is 0 Å². The van der Waals surface area contributed by atoms with E-state index in [-0.39, 0.29) is 22.9 Å². The minimum atomic E-state index is -0.757. The molecule has 0 unspecified atom stereocenters. The Morgan fingerprint density at radius 2 is 2.09 bits per heavy atom. The van der Waals surface area contributed by atoms with E-state index < -0.39 is 16.6 Å². The zero-order chi connectivity index (χ0) is 23.5. The molecule has 1 aromatic heterocycles. The molecule has 1 heterocycles. The lowest BCUT2D eigenvalue weighted by Crippen LogP contribution is -2.15. The summed E-state index contributed by atoms with van der Waals surface area (Å²) in [5.74, 6) is -1.30. The van der Waals surface area contributed by atoms with E-state index in [0.29, 0.717) is 21.2 Å². The lowest BCUT2D eigenvalue weighted by Gasteiger charge is -2.15. The number of hydrogen-bond donors (Lipinski definition) is 1. The van der Waals surface area contributed by atoms with Gasteiger partial charge in [-0.15, -0.1) is 5.10 Å². The lowest BCUT2D eigenvalue weighted by atomic mass is 9.92. The van der Waals surface area contributed by atoms with E-state index in [0.717, 1.165) is 43.5 Å². The van der Waals surface area contributed by atoms with Crippen molar-refractivity contribution in [2.45, 2.75) is 41.7 Å². The fraction of sp³-hybridized carbons (Fsp3) is 0.286. The number of rotatable bonds is 6. The molecule has 1 saturated carbocycles. The van der Waals surface area contributed by atoms with E-state index >= 15 is 0 Å². The molecule has 33 heavy (non-hydrogen) atoms. The minimum Gasteiger partial charge on any atom is -0.319 e. The van der Waals surface area contributed by atoms with Crippen molar-refractivity contribution in [1.82, 2.24) is 20.2 Å². The van der Waals surface area contributed by atoms with E-state index in [2.05, 4.69) is 26.9 Å². The van der Waals surface area contributed by atoms with Crippen LogP contribution in [0.4, 0.5) is 15.8 Å². The van der Waals surface area contributed by atoms with Gasteiger partial charge in [0.25, 0.3) is 11.6 Å². The summed E-state index contributed by atoms with van der Waals surface area (Å²) in [7, 11) is 1.61. The molecular weight excluding hydrogens is 449 g/mol. The molecular formula is C21H18FN7O3S. The van der Waals surface area contributed by atoms with Crippen molar-refractivity contribution in [1.29, 1.82) is 5.26 Å². The number of nitro benzene ring substituents is 1. The molecule has 0 bridgehead atoms. The third-order valence-electron chi connectivity index (χ3n) is 5.50. The third-order valence-corrected chi connectivity index (χ3v) is 6.61. The number of aromatic nitrogens is 4. The highest BCUT2D eigenvalue weighted by molar-refractivity contribution is 7.99. The van der Waals surface area contributed by atoms with Gasteiger partial charge in [0.2, 0.25) is 5.16 Å². The molecule has 0 atom stereocenters. The molecule has 168 valence electrons. The first-order valence-electron chi connectivity index (χ1n) is 10.1. The van der Waals surface area contributed by atoms with Crippen LogP contribution in [-0.2, 0) is 7.05 Å². The molecule has 1 aliphatic carbocycles. The molecule has 10 nitrogen and oxygen atoms in total. The number of amides is 1. The topological polar surface area (TPSA) is 140 Å². The van der Waals surface area contributed by atoms with Gasteiger partial charge in [-0.2, -0.15) is 5.26 Å². The number of aryl methyl sites for hydroxylation is 1. The molecule has 1 N–H and O–H groups in total. The SMILES string of the molecule is Cn1nnnc1Sc1ccc([N+](=O)[O-])cc1C(=O)Nc1cc(C#N)c(C2CCCC2)cc1F. The van der Waals surface area contributed by atoms with Gasteiger partial charge < -0.3 is 5.32 Å². The van der Waals surface area contributed by atoms with Crippen LogP contribution < -0.4 is 5.32 Å². The van der Waals surface area contributed by atoms with Gasteiger partial charge in [-0.25, -0.2) is 9.07 Å². The summed E-state index contributed by atoms with van der Waals surface area (Å²) in [6, 6.07) is 8.48. The van der Waals surface area contributed by atoms with Gasteiger partial charge in [-0.3, -0.25) is 14.9 Å². The summed E-state index contributed by atoms with van der Waals surface area (Å²) in [5.41, 5.74) is 0.440. The molecule has 1 fully saturated rings. The summed E-state index contributed by atoms with van der Waals surface area (Å²) in [6.45, 7) is 0. The first-order valence-corrected chi connectivity index (χ1v) is 10.9. The zero-order valence-electron chi connectivity index (χ0n) is 17.5. The average Bonchev–Trinajstić information content (AvgIpc) is 3.47. The highest BCUT2D eigenvalue weighted by Gasteiger charge is 2.24. The van der Waals surface area contributed by atoms with Gasteiger partial charge in [-0.05, 0) is 64.7 Å². The zero-order valence-corrected chi connectivity index (χ0v) is 18.3. The van der Waals surface area contributed by atoms with Gasteiger partial charge in [0.15, 0.2) is 0 Å². The second kappa shape index (κ2) is 9.33. The third kappa shape index (κ3) is 4.68. The summed E-state index contributed by atoms with van der Waals surface area (Å²) < 4.78 is 16.3. The highest BCUT2D eigenvalue weighted by atomic mass is 32.2. The Morgan fingerprint density at radius 1 is 1.33 bits per heavy atom. The number of benzene rings is 2. The number of halogens is 1. The van der Waals surface area contributed by atoms with Gasteiger partial charge in [0.1, 0.15) is 5.82 Å². The van der Waals surface area contributed by atoms with E-state index in [4.69, 9.17) is 0 Å². The van der Waals surface area contributed by atoms with Crippen molar-refractivity contribution in [3.8, 4) is 6.07 Å². The maximum absolute atomic E-state index is 14.9. The fourth-order valence-electron chi connectivity index (χ4n) is 3.85. The quantitative estimate of drug-likeness (QED) is 0.420. The average molecular weight is 467 g/mol. The van der Waals surface area contributed by atoms with Crippen molar-refractivity contribution >= 4 is 29.0 Å². The molecule has 0 saturated heterocycles. The molecule has 0 aliphatic heterocycles. The van der Waals surface area contributed by atoms with Crippen LogP contribution in [0.3, 0.4) is 0 Å². The van der Waals surface area contributed by atoms with Crippen molar-refractivity contribution in [3.63, 3.8) is 0 Å². The monoisotopic (exact) mass is 467 g/mol. The summed E-state index contributed by atoms with van der Waals surface area (Å²) >= 11 is 1.04. The number of nitro groups is 1. The predicted octanol–water partition coefficient (Wildman–Crippen LogP) is 4.19. The van der Waals surface area contributed by atoms with Crippen molar-refractivity contribution in [3.05, 3.63) is 63.0 Å². The molecule has 4 rings (SSSR count). The number of hydrogen-bond acceptors (Lipinski definition) is 8. The number of nitrogens with one attached hydrogen (secondary N) is 1. The maximum Gasteiger partial charge on any atom is 0.270 e. The second-order valence-electron chi connectivity index (χ2n) is 7.59. The first kappa shape index (κ1) is 22.3. The Balaban J connectivity index is 1.67. The van der Waals surface area contributed by atoms with Crippen molar-refractivity contribution in [2.24, 2.45) is 7.05 Å². The number of nitrogens with zero attached hydrogens (tertiary/aromatic N) is 6. The van der Waals surface area contributed by atoms with Crippen LogP contribution in [-0.4, -0.2) is 31.0 Å². The van der Waals surface area contributed by atoms with E-state index in [1.54, 1.807) is 7.05 Å². The summed E-state index contributed by atoms with van der Waals surface area (Å²) in [6.07, 6.45) is 3.85. The molecule has 1 aliphatic rings. The first-order chi connectivity index (χ1) is 15.9. The molecule has 1 amide bonds. The van der Waals surface area contributed by atoms with Crippen LogP contribution in [0.2, 0.25) is 0 Å². The number of anilines is 1. The Kier molecular flexibility index (Phi) is 6.32. The van der Waals surface area contributed by atoms with E-state index in [9.17, 15) is 24.6 Å². The largest absolute Gasteiger partial charge is 0.319 e. The van der Waals surface area contributed by atoms with Gasteiger partial charge >= 0.3 is 0 Å². The molecule has 0 radical (unpaired) electrons. The Bertz CT molecular complexity index is 1280.